The average molecular weight is 332 g/mol. The van der Waals surface area contributed by atoms with Gasteiger partial charge < -0.3 is 5.32 Å². The zero-order valence-electron chi connectivity index (χ0n) is 11.9. The molecule has 0 amide bonds. The van der Waals surface area contributed by atoms with Gasteiger partial charge in [0.2, 0.25) is 0 Å². The fraction of sp³-hybridized carbons (Fsp3) is 0.235. The SMILES string of the molecule is CC(C)(C)Nc1ccccc1C(=O)c1ccccc1Br. The molecular weight excluding hydrogens is 314 g/mol. The van der Waals surface area contributed by atoms with E-state index in [1.54, 1.807) is 0 Å². The van der Waals surface area contributed by atoms with E-state index in [4.69, 9.17) is 0 Å². The van der Waals surface area contributed by atoms with Gasteiger partial charge >= 0.3 is 0 Å². The molecule has 0 saturated carbocycles. The van der Waals surface area contributed by atoms with E-state index in [9.17, 15) is 4.79 Å². The number of para-hydroxylation sites is 1. The predicted octanol–water partition coefficient (Wildman–Crippen LogP) is 4.89. The molecule has 0 saturated heterocycles. The first-order chi connectivity index (χ1) is 9.38. The minimum Gasteiger partial charge on any atom is -0.380 e. The number of rotatable bonds is 3. The number of nitrogens with one attached hydrogen (secondary N) is 1. The molecule has 3 heteroatoms. The lowest BCUT2D eigenvalue weighted by Crippen LogP contribution is -2.27. The van der Waals surface area contributed by atoms with E-state index in [0.29, 0.717) is 11.1 Å². The summed E-state index contributed by atoms with van der Waals surface area (Å²) in [5, 5.41) is 3.38. The molecule has 2 aromatic carbocycles. The lowest BCUT2D eigenvalue weighted by Gasteiger charge is -2.24. The van der Waals surface area contributed by atoms with Gasteiger partial charge in [0, 0.05) is 26.8 Å². The van der Waals surface area contributed by atoms with Crippen LogP contribution in [0.25, 0.3) is 0 Å². The number of halogens is 1. The highest BCUT2D eigenvalue weighted by molar-refractivity contribution is 9.10. The first-order valence-electron chi connectivity index (χ1n) is 6.55. The Labute approximate surface area is 128 Å². The van der Waals surface area contributed by atoms with Gasteiger partial charge in [-0.05, 0) is 45.0 Å². The number of hydrogen-bond donors (Lipinski definition) is 1. The molecule has 0 unspecified atom stereocenters. The number of hydrogen-bond acceptors (Lipinski definition) is 2. The van der Waals surface area contributed by atoms with Crippen molar-refractivity contribution < 1.29 is 4.79 Å². The molecule has 2 aromatic rings. The van der Waals surface area contributed by atoms with Gasteiger partial charge in [0.15, 0.2) is 5.78 Å². The molecule has 0 aliphatic heterocycles. The quantitative estimate of drug-likeness (QED) is 0.811. The number of benzene rings is 2. The van der Waals surface area contributed by atoms with Crippen LogP contribution in [0.1, 0.15) is 36.7 Å². The molecule has 2 rings (SSSR count). The van der Waals surface area contributed by atoms with Crippen molar-refractivity contribution in [1.82, 2.24) is 0 Å². The molecule has 0 atom stereocenters. The minimum atomic E-state index is -0.0930. The lowest BCUT2D eigenvalue weighted by atomic mass is 10.00. The van der Waals surface area contributed by atoms with E-state index in [0.717, 1.165) is 10.2 Å². The van der Waals surface area contributed by atoms with Crippen LogP contribution in [0.2, 0.25) is 0 Å². The molecule has 0 bridgehead atoms. The van der Waals surface area contributed by atoms with Crippen LogP contribution in [-0.4, -0.2) is 11.3 Å². The van der Waals surface area contributed by atoms with Crippen LogP contribution >= 0.6 is 15.9 Å². The predicted molar refractivity (Wildman–Crippen MR) is 87.4 cm³/mol. The normalized spacial score (nSPS) is 11.2. The van der Waals surface area contributed by atoms with Gasteiger partial charge in [-0.2, -0.15) is 0 Å². The number of anilines is 1. The fourth-order valence-corrected chi connectivity index (χ4v) is 2.45. The Morgan fingerprint density at radius 2 is 1.50 bits per heavy atom. The molecule has 0 radical (unpaired) electrons. The van der Waals surface area contributed by atoms with Crippen LogP contribution in [0.3, 0.4) is 0 Å². The standard InChI is InChI=1S/C17H18BrNO/c1-17(2,3)19-15-11-7-5-9-13(15)16(20)12-8-4-6-10-14(12)18/h4-11,19H,1-3H3. The molecule has 0 spiro atoms. The summed E-state index contributed by atoms with van der Waals surface area (Å²) in [6, 6.07) is 15.1. The molecule has 0 aliphatic carbocycles. The number of carbonyl (C=O) groups excluding carboxylic acids is 1. The van der Waals surface area contributed by atoms with Crippen molar-refractivity contribution in [2.75, 3.05) is 5.32 Å². The molecule has 2 nitrogen and oxygen atoms in total. The second kappa shape index (κ2) is 5.80. The van der Waals surface area contributed by atoms with E-state index < -0.39 is 0 Å². The summed E-state index contributed by atoms with van der Waals surface area (Å²) in [4.78, 5) is 12.7. The lowest BCUT2D eigenvalue weighted by molar-refractivity contribution is 0.103. The number of carbonyl (C=O) groups is 1. The Morgan fingerprint density at radius 1 is 0.950 bits per heavy atom. The van der Waals surface area contributed by atoms with Crippen LogP contribution < -0.4 is 5.32 Å². The van der Waals surface area contributed by atoms with Gasteiger partial charge in [-0.25, -0.2) is 0 Å². The summed E-state index contributed by atoms with van der Waals surface area (Å²) in [6.07, 6.45) is 0. The van der Waals surface area contributed by atoms with E-state index in [1.165, 1.54) is 0 Å². The maximum atomic E-state index is 12.7. The van der Waals surface area contributed by atoms with Crippen molar-refractivity contribution in [3.05, 3.63) is 64.1 Å². The van der Waals surface area contributed by atoms with Crippen molar-refractivity contribution in [2.24, 2.45) is 0 Å². The highest BCUT2D eigenvalue weighted by Gasteiger charge is 2.18. The van der Waals surface area contributed by atoms with Crippen molar-refractivity contribution in [3.63, 3.8) is 0 Å². The third kappa shape index (κ3) is 3.48. The van der Waals surface area contributed by atoms with Crippen LogP contribution in [0.5, 0.6) is 0 Å². The minimum absolute atomic E-state index is 0.0184. The summed E-state index contributed by atoms with van der Waals surface area (Å²) in [7, 11) is 0. The second-order valence-corrected chi connectivity index (χ2v) is 6.58. The Kier molecular flexibility index (Phi) is 4.29. The second-order valence-electron chi connectivity index (χ2n) is 5.73. The third-order valence-corrected chi connectivity index (χ3v) is 3.49. The highest BCUT2D eigenvalue weighted by Crippen LogP contribution is 2.25. The van der Waals surface area contributed by atoms with Gasteiger partial charge in [-0.1, -0.05) is 40.2 Å². The van der Waals surface area contributed by atoms with Gasteiger partial charge in [-0.15, -0.1) is 0 Å². The first kappa shape index (κ1) is 14.8. The molecule has 104 valence electrons. The summed E-state index contributed by atoms with van der Waals surface area (Å²) in [6.45, 7) is 6.23. The molecule has 0 aromatic heterocycles. The Bertz CT molecular complexity index is 629. The van der Waals surface area contributed by atoms with E-state index in [2.05, 4.69) is 42.0 Å². The molecule has 0 heterocycles. The van der Waals surface area contributed by atoms with Crippen LogP contribution in [0.4, 0.5) is 5.69 Å². The fourth-order valence-electron chi connectivity index (χ4n) is 1.98. The molecule has 1 N–H and O–H groups in total. The Balaban J connectivity index is 2.43. The largest absolute Gasteiger partial charge is 0.380 e. The Morgan fingerprint density at radius 3 is 2.10 bits per heavy atom. The van der Waals surface area contributed by atoms with Gasteiger partial charge in [-0.3, -0.25) is 4.79 Å². The molecule has 0 aliphatic rings. The number of ketones is 1. The van der Waals surface area contributed by atoms with E-state index in [-0.39, 0.29) is 11.3 Å². The van der Waals surface area contributed by atoms with Gasteiger partial charge in [0.1, 0.15) is 0 Å². The summed E-state index contributed by atoms with van der Waals surface area (Å²) in [5.74, 6) is 0.0184. The summed E-state index contributed by atoms with van der Waals surface area (Å²) in [5.41, 5.74) is 2.13. The highest BCUT2D eigenvalue weighted by atomic mass is 79.9. The van der Waals surface area contributed by atoms with E-state index >= 15 is 0 Å². The first-order valence-corrected chi connectivity index (χ1v) is 7.34. The van der Waals surface area contributed by atoms with Gasteiger partial charge in [0.05, 0.1) is 0 Å². The third-order valence-electron chi connectivity index (χ3n) is 2.80. The zero-order valence-corrected chi connectivity index (χ0v) is 13.5. The van der Waals surface area contributed by atoms with Crippen molar-refractivity contribution >= 4 is 27.4 Å². The summed E-state index contributed by atoms with van der Waals surface area (Å²) < 4.78 is 0.815. The summed E-state index contributed by atoms with van der Waals surface area (Å²) >= 11 is 3.44. The van der Waals surface area contributed by atoms with Crippen molar-refractivity contribution in [2.45, 2.75) is 26.3 Å². The van der Waals surface area contributed by atoms with Crippen LogP contribution in [0.15, 0.2) is 53.0 Å². The maximum absolute atomic E-state index is 12.7. The van der Waals surface area contributed by atoms with Gasteiger partial charge in [0.25, 0.3) is 0 Å². The van der Waals surface area contributed by atoms with E-state index in [1.807, 2.05) is 48.5 Å². The van der Waals surface area contributed by atoms with Crippen molar-refractivity contribution in [3.8, 4) is 0 Å². The average Bonchev–Trinajstić information content (AvgIpc) is 2.37. The smallest absolute Gasteiger partial charge is 0.196 e. The molecule has 0 fully saturated rings. The van der Waals surface area contributed by atoms with Crippen LogP contribution in [0, 0.1) is 0 Å². The van der Waals surface area contributed by atoms with Crippen molar-refractivity contribution in [1.29, 1.82) is 0 Å². The maximum Gasteiger partial charge on any atom is 0.196 e. The molecule has 20 heavy (non-hydrogen) atoms. The van der Waals surface area contributed by atoms with Crippen LogP contribution in [-0.2, 0) is 0 Å². The monoisotopic (exact) mass is 331 g/mol. The molecular formula is C17H18BrNO. The Hall–Kier alpha value is -1.61. The topological polar surface area (TPSA) is 29.1 Å². The zero-order chi connectivity index (χ0) is 14.8.